The summed E-state index contributed by atoms with van der Waals surface area (Å²) >= 11 is 0. The molecule has 1 aliphatic rings. The molecule has 0 bridgehead atoms. The van der Waals surface area contributed by atoms with Crippen LogP contribution in [0.25, 0.3) is 10.9 Å². The molecule has 2 aromatic carbocycles. The van der Waals surface area contributed by atoms with Crippen LogP contribution in [0.4, 0.5) is 43.9 Å². The summed E-state index contributed by atoms with van der Waals surface area (Å²) in [5.74, 6) is 0.0131. The van der Waals surface area contributed by atoms with Crippen LogP contribution in [0.5, 0.6) is 11.6 Å². The number of ether oxygens (including phenoxy) is 2. The van der Waals surface area contributed by atoms with Crippen molar-refractivity contribution in [1.29, 1.82) is 0 Å². The molecular weight excluding hydrogens is 525 g/mol. The van der Waals surface area contributed by atoms with Crippen LogP contribution in [-0.4, -0.2) is 47.0 Å². The lowest BCUT2D eigenvalue weighted by molar-refractivity contribution is -0.137. The van der Waals surface area contributed by atoms with Gasteiger partial charge in [-0.1, -0.05) is 0 Å². The minimum Gasteiger partial charge on any atom is -0.497 e. The van der Waals surface area contributed by atoms with Crippen molar-refractivity contribution in [2.24, 2.45) is 0 Å². The predicted octanol–water partition coefficient (Wildman–Crippen LogP) is 6.31. The molecule has 2 amide bonds. The van der Waals surface area contributed by atoms with Crippen LogP contribution in [-0.2, 0) is 13.1 Å². The van der Waals surface area contributed by atoms with Crippen LogP contribution >= 0.6 is 0 Å². The van der Waals surface area contributed by atoms with Gasteiger partial charge in [0.1, 0.15) is 11.6 Å². The third-order valence-corrected chi connectivity index (χ3v) is 5.93. The molecule has 0 N–H and O–H groups in total. The number of hydrogen-bond acceptors (Lipinski definition) is 5. The van der Waals surface area contributed by atoms with Crippen molar-refractivity contribution >= 4 is 34.1 Å². The van der Waals surface area contributed by atoms with Crippen LogP contribution < -0.4 is 19.3 Å². The van der Waals surface area contributed by atoms with Gasteiger partial charge in [0.05, 0.1) is 35.3 Å². The molecule has 0 unspecified atom stereocenters. The highest BCUT2D eigenvalue weighted by atomic mass is 19.4. The topological polar surface area (TPSA) is 72.7 Å². The largest absolute Gasteiger partial charge is 0.497 e. The maximum Gasteiger partial charge on any atom is 0.390 e. The van der Waals surface area contributed by atoms with Crippen molar-refractivity contribution in [1.82, 2.24) is 14.8 Å². The summed E-state index contributed by atoms with van der Waals surface area (Å²) in [6.45, 7) is -1.23. The van der Waals surface area contributed by atoms with E-state index in [1.54, 1.807) is 24.3 Å². The van der Waals surface area contributed by atoms with E-state index in [0.717, 1.165) is 0 Å². The zero-order valence-electron chi connectivity index (χ0n) is 23.0. The van der Waals surface area contributed by atoms with Gasteiger partial charge in [-0.25, -0.2) is 18.5 Å². The van der Waals surface area contributed by atoms with Gasteiger partial charge in [0.25, 0.3) is 6.43 Å². The van der Waals surface area contributed by atoms with Gasteiger partial charge >= 0.3 is 12.2 Å². The van der Waals surface area contributed by atoms with E-state index in [0.29, 0.717) is 22.2 Å². The first kappa shape index (κ1) is 22.6. The number of hydrogen-bond donors (Lipinski definition) is 0. The number of aryl methyl sites for hydroxylation is 1. The summed E-state index contributed by atoms with van der Waals surface area (Å²) in [6, 6.07) is 12.8. The Kier molecular flexibility index (Phi) is 6.01. The van der Waals surface area contributed by atoms with Crippen LogP contribution in [0.15, 0.2) is 60.8 Å². The van der Waals surface area contributed by atoms with E-state index in [1.165, 1.54) is 51.0 Å². The van der Waals surface area contributed by atoms with Gasteiger partial charge in [-0.15, -0.1) is 0 Å². The Morgan fingerprint density at radius 3 is 2.56 bits per heavy atom. The van der Waals surface area contributed by atoms with E-state index < -0.39 is 38.7 Å². The maximum absolute atomic E-state index is 13.9. The van der Waals surface area contributed by atoms with Crippen molar-refractivity contribution < 1.29 is 40.3 Å². The number of nitrogens with zero attached hydrogens (tertiary/aromatic N) is 5. The lowest BCUT2D eigenvalue weighted by Gasteiger charge is -2.36. The standard InChI is InChI=1S/C26H22F5N5O3/c1-38-20-6-3-18(4-7-20)36-24-16(2-9-23(32-24)39-15-22(27)28)14-35(25(36)37)19-5-8-21-17(12-19)13-34(33-21)11-10-26(29,30)31/h2-9,12-13,22H,10-11,14-15H2,1H3/i1D3. The van der Waals surface area contributed by atoms with Crippen molar-refractivity contribution in [2.75, 3.05) is 23.4 Å². The van der Waals surface area contributed by atoms with E-state index >= 15 is 0 Å². The number of carbonyl (C=O) groups is 1. The van der Waals surface area contributed by atoms with Gasteiger partial charge < -0.3 is 9.47 Å². The molecule has 13 heteroatoms. The lowest BCUT2D eigenvalue weighted by atomic mass is 10.1. The second kappa shape index (κ2) is 10.4. The fourth-order valence-corrected chi connectivity index (χ4v) is 4.14. The van der Waals surface area contributed by atoms with E-state index in [2.05, 4.69) is 10.1 Å². The van der Waals surface area contributed by atoms with Crippen LogP contribution in [0.2, 0.25) is 0 Å². The fraction of sp³-hybridized carbons (Fsp3) is 0.269. The molecule has 0 saturated heterocycles. The first-order valence-corrected chi connectivity index (χ1v) is 11.6. The maximum atomic E-state index is 13.9. The molecule has 0 atom stereocenters. The minimum absolute atomic E-state index is 0.0234. The zero-order valence-corrected chi connectivity index (χ0v) is 20.0. The highest BCUT2D eigenvalue weighted by Gasteiger charge is 2.34. The third kappa shape index (κ3) is 5.71. The van der Waals surface area contributed by atoms with Crippen LogP contribution in [0, 0.1) is 0 Å². The van der Waals surface area contributed by atoms with Crippen LogP contribution in [0.3, 0.4) is 0 Å². The Morgan fingerprint density at radius 1 is 1.08 bits per heavy atom. The smallest absolute Gasteiger partial charge is 0.390 e. The van der Waals surface area contributed by atoms with Gasteiger partial charge in [0.15, 0.2) is 6.61 Å². The Bertz CT molecular complexity index is 1600. The normalized spacial score (nSPS) is 15.2. The molecule has 2 aromatic heterocycles. The highest BCUT2D eigenvalue weighted by molar-refractivity contribution is 6.10. The van der Waals surface area contributed by atoms with Crippen molar-refractivity contribution in [3.63, 3.8) is 0 Å². The number of amides is 2. The number of carbonyl (C=O) groups excluding carboxylic acids is 1. The lowest BCUT2D eigenvalue weighted by Crippen LogP contribution is -2.45. The number of alkyl halides is 5. The summed E-state index contributed by atoms with van der Waals surface area (Å²) in [5.41, 5.74) is 1.65. The number of pyridine rings is 1. The molecule has 5 rings (SSSR count). The van der Waals surface area contributed by atoms with Crippen molar-refractivity contribution in [2.45, 2.75) is 32.1 Å². The Hall–Kier alpha value is -4.42. The number of rotatable bonds is 8. The van der Waals surface area contributed by atoms with E-state index in [4.69, 9.17) is 13.6 Å². The third-order valence-electron chi connectivity index (χ3n) is 5.93. The summed E-state index contributed by atoms with van der Waals surface area (Å²) in [6.07, 6.45) is -6.66. The number of benzene rings is 2. The van der Waals surface area contributed by atoms with E-state index in [9.17, 15) is 26.7 Å². The molecule has 0 fully saturated rings. The summed E-state index contributed by atoms with van der Waals surface area (Å²) < 4.78 is 96.5. The predicted molar refractivity (Wildman–Crippen MR) is 133 cm³/mol. The quantitative estimate of drug-likeness (QED) is 0.240. The molecule has 0 saturated carbocycles. The molecule has 8 nitrogen and oxygen atoms in total. The molecule has 204 valence electrons. The number of urea groups is 1. The van der Waals surface area contributed by atoms with Crippen molar-refractivity contribution in [3.05, 3.63) is 66.4 Å². The van der Waals surface area contributed by atoms with Gasteiger partial charge in [0.2, 0.25) is 5.88 Å². The molecule has 0 spiro atoms. The molecule has 3 heterocycles. The summed E-state index contributed by atoms with van der Waals surface area (Å²) in [4.78, 5) is 20.8. The average molecular weight is 551 g/mol. The molecule has 0 radical (unpaired) electrons. The van der Waals surface area contributed by atoms with Gasteiger partial charge in [0, 0.05) is 35.4 Å². The number of anilines is 3. The molecular formula is C26H22F5N5O3. The average Bonchev–Trinajstić information content (AvgIpc) is 3.32. The zero-order chi connectivity index (χ0) is 30.2. The minimum atomic E-state index is -4.34. The van der Waals surface area contributed by atoms with Gasteiger partial charge in [-0.2, -0.15) is 23.3 Å². The second-order valence-corrected chi connectivity index (χ2v) is 8.63. The number of fused-ring (bicyclic) bond motifs is 2. The fourth-order valence-electron chi connectivity index (χ4n) is 4.14. The molecule has 1 aliphatic heterocycles. The van der Waals surface area contributed by atoms with Gasteiger partial charge in [-0.05, 0) is 48.5 Å². The van der Waals surface area contributed by atoms with E-state index in [1.807, 2.05) is 0 Å². The summed E-state index contributed by atoms with van der Waals surface area (Å²) in [7, 11) is -2.69. The Labute approximate surface area is 223 Å². The monoisotopic (exact) mass is 550 g/mol. The molecule has 4 aromatic rings. The highest BCUT2D eigenvalue weighted by Crippen LogP contribution is 2.38. The number of aromatic nitrogens is 3. The van der Waals surface area contributed by atoms with Crippen molar-refractivity contribution in [3.8, 4) is 11.6 Å². The van der Waals surface area contributed by atoms with Crippen LogP contribution in [0.1, 0.15) is 16.1 Å². The number of halogens is 5. The van der Waals surface area contributed by atoms with Gasteiger partial charge in [-0.3, -0.25) is 9.58 Å². The summed E-state index contributed by atoms with van der Waals surface area (Å²) in [5, 5.41) is 4.68. The first-order chi connectivity index (χ1) is 19.8. The number of methoxy groups -OCH3 is 1. The Balaban J connectivity index is 1.50. The SMILES string of the molecule is [2H]C([2H])([2H])Oc1ccc(N2C(=O)N(c3ccc4nn(CCC(F)(F)F)cc4c3)Cc3ccc(OCC(F)F)nc32)cc1. The molecule has 0 aliphatic carbocycles. The first-order valence-electron chi connectivity index (χ1n) is 13.1. The Morgan fingerprint density at radius 2 is 1.85 bits per heavy atom. The molecule has 39 heavy (non-hydrogen) atoms. The van der Waals surface area contributed by atoms with E-state index in [-0.39, 0.29) is 36.2 Å². The second-order valence-electron chi connectivity index (χ2n) is 8.63.